The summed E-state index contributed by atoms with van der Waals surface area (Å²) in [6.45, 7) is 1.51. The molecule has 3 N–H and O–H groups in total. The van der Waals surface area contributed by atoms with Crippen molar-refractivity contribution >= 4 is 27.2 Å². The van der Waals surface area contributed by atoms with Crippen molar-refractivity contribution in [2.75, 3.05) is 0 Å². The predicted octanol–water partition coefficient (Wildman–Crippen LogP) is 0.523. The monoisotopic (exact) mass is 236 g/mol. The quantitative estimate of drug-likeness (QED) is 0.698. The number of rotatable bonds is 4. The van der Waals surface area contributed by atoms with Crippen molar-refractivity contribution in [3.05, 3.63) is 0 Å². The first-order valence-corrected chi connectivity index (χ1v) is 6.69. The van der Waals surface area contributed by atoms with Crippen LogP contribution in [-0.2, 0) is 10.0 Å². The van der Waals surface area contributed by atoms with E-state index in [0.717, 1.165) is 25.7 Å². The summed E-state index contributed by atoms with van der Waals surface area (Å²) < 4.78 is 25.9. The lowest BCUT2D eigenvalue weighted by atomic mass is 10.3. The van der Waals surface area contributed by atoms with Crippen molar-refractivity contribution in [3.8, 4) is 0 Å². The van der Waals surface area contributed by atoms with E-state index in [1.54, 1.807) is 0 Å². The SMILES string of the molecule is CC(C(N)=S)S(=O)(=O)NC1CCCC1. The van der Waals surface area contributed by atoms with Crippen LogP contribution in [-0.4, -0.2) is 24.7 Å². The van der Waals surface area contributed by atoms with Crippen LogP contribution in [0.1, 0.15) is 32.6 Å². The Morgan fingerprint density at radius 2 is 2.00 bits per heavy atom. The van der Waals surface area contributed by atoms with Crippen molar-refractivity contribution < 1.29 is 8.42 Å². The molecule has 0 radical (unpaired) electrons. The molecule has 0 amide bonds. The minimum atomic E-state index is -3.36. The highest BCUT2D eigenvalue weighted by molar-refractivity contribution is 7.93. The largest absolute Gasteiger partial charge is 0.392 e. The van der Waals surface area contributed by atoms with Gasteiger partial charge in [-0.05, 0) is 19.8 Å². The number of sulfonamides is 1. The Labute approximate surface area is 90.3 Å². The van der Waals surface area contributed by atoms with Gasteiger partial charge in [-0.2, -0.15) is 0 Å². The Bertz CT molecular complexity index is 307. The van der Waals surface area contributed by atoms with Crippen LogP contribution >= 0.6 is 12.2 Å². The Balaban J connectivity index is 2.61. The van der Waals surface area contributed by atoms with Crippen LogP contribution in [0.15, 0.2) is 0 Å². The smallest absolute Gasteiger partial charge is 0.220 e. The summed E-state index contributed by atoms with van der Waals surface area (Å²) in [4.78, 5) is 0.0236. The molecule has 0 heterocycles. The number of hydrogen-bond acceptors (Lipinski definition) is 3. The summed E-state index contributed by atoms with van der Waals surface area (Å²) in [7, 11) is -3.36. The first-order chi connectivity index (χ1) is 6.43. The highest BCUT2D eigenvalue weighted by Gasteiger charge is 2.27. The fourth-order valence-electron chi connectivity index (χ4n) is 1.53. The summed E-state index contributed by atoms with van der Waals surface area (Å²) in [5, 5.41) is -0.780. The molecule has 0 saturated heterocycles. The van der Waals surface area contributed by atoms with Crippen LogP contribution in [0.3, 0.4) is 0 Å². The molecule has 0 aromatic heterocycles. The Hall–Kier alpha value is -0.200. The van der Waals surface area contributed by atoms with Gasteiger partial charge < -0.3 is 5.73 Å². The van der Waals surface area contributed by atoms with Gasteiger partial charge in [0.15, 0.2) is 0 Å². The van der Waals surface area contributed by atoms with E-state index in [2.05, 4.69) is 16.9 Å². The molecule has 1 aliphatic rings. The summed E-state index contributed by atoms with van der Waals surface area (Å²) in [5.74, 6) is 0. The third kappa shape index (κ3) is 2.90. The highest BCUT2D eigenvalue weighted by Crippen LogP contribution is 2.19. The molecule has 1 rings (SSSR count). The first-order valence-electron chi connectivity index (χ1n) is 4.74. The number of hydrogen-bond donors (Lipinski definition) is 2. The summed E-state index contributed by atoms with van der Waals surface area (Å²) >= 11 is 4.67. The van der Waals surface area contributed by atoms with Gasteiger partial charge in [-0.15, -0.1) is 0 Å². The van der Waals surface area contributed by atoms with Crippen molar-refractivity contribution in [3.63, 3.8) is 0 Å². The van der Waals surface area contributed by atoms with Crippen molar-refractivity contribution in [2.45, 2.75) is 43.9 Å². The van der Waals surface area contributed by atoms with Gasteiger partial charge in [-0.25, -0.2) is 13.1 Å². The summed E-state index contributed by atoms with van der Waals surface area (Å²) in [6, 6.07) is 0.0804. The van der Waals surface area contributed by atoms with Gasteiger partial charge in [0.2, 0.25) is 10.0 Å². The van der Waals surface area contributed by atoms with Gasteiger partial charge in [-0.3, -0.25) is 0 Å². The molecule has 82 valence electrons. The van der Waals surface area contributed by atoms with Gasteiger partial charge in [-0.1, -0.05) is 25.1 Å². The molecule has 14 heavy (non-hydrogen) atoms. The average Bonchev–Trinajstić information content (AvgIpc) is 2.54. The summed E-state index contributed by atoms with van der Waals surface area (Å²) in [5.41, 5.74) is 5.31. The average molecular weight is 236 g/mol. The van der Waals surface area contributed by atoms with Crippen molar-refractivity contribution in [1.82, 2.24) is 4.72 Å². The molecule has 0 bridgehead atoms. The lowest BCUT2D eigenvalue weighted by Gasteiger charge is -2.16. The van der Waals surface area contributed by atoms with E-state index in [1.807, 2.05) is 0 Å². The topological polar surface area (TPSA) is 72.2 Å². The molecule has 0 spiro atoms. The third-order valence-corrected chi connectivity index (χ3v) is 4.90. The highest BCUT2D eigenvalue weighted by atomic mass is 32.2. The van der Waals surface area contributed by atoms with E-state index in [4.69, 9.17) is 5.73 Å². The van der Waals surface area contributed by atoms with Gasteiger partial charge in [0.05, 0.1) is 4.99 Å². The van der Waals surface area contributed by atoms with Gasteiger partial charge in [0, 0.05) is 6.04 Å². The van der Waals surface area contributed by atoms with Crippen LogP contribution in [0.25, 0.3) is 0 Å². The molecule has 4 nitrogen and oxygen atoms in total. The molecule has 6 heteroatoms. The minimum Gasteiger partial charge on any atom is -0.392 e. The molecule has 1 unspecified atom stereocenters. The second-order valence-electron chi connectivity index (χ2n) is 3.69. The van der Waals surface area contributed by atoms with Crippen molar-refractivity contribution in [2.24, 2.45) is 5.73 Å². The fraction of sp³-hybridized carbons (Fsp3) is 0.875. The number of nitrogens with one attached hydrogen (secondary N) is 1. The van der Waals surface area contributed by atoms with Crippen LogP contribution in [0, 0.1) is 0 Å². The number of nitrogens with two attached hydrogens (primary N) is 1. The van der Waals surface area contributed by atoms with Crippen LogP contribution in [0.5, 0.6) is 0 Å². The maximum absolute atomic E-state index is 11.6. The molecule has 1 atom stereocenters. The zero-order valence-electron chi connectivity index (χ0n) is 8.19. The van der Waals surface area contributed by atoms with E-state index in [1.165, 1.54) is 6.92 Å². The van der Waals surface area contributed by atoms with E-state index in [0.29, 0.717) is 0 Å². The molecule has 1 aliphatic carbocycles. The van der Waals surface area contributed by atoms with Crippen molar-refractivity contribution in [1.29, 1.82) is 0 Å². The lowest BCUT2D eigenvalue weighted by Crippen LogP contribution is -2.43. The van der Waals surface area contributed by atoms with E-state index < -0.39 is 15.3 Å². The molecule has 1 fully saturated rings. The minimum absolute atomic E-state index is 0.0236. The molecule has 0 aromatic carbocycles. The molecule has 1 saturated carbocycles. The van der Waals surface area contributed by atoms with E-state index >= 15 is 0 Å². The summed E-state index contributed by atoms with van der Waals surface area (Å²) in [6.07, 6.45) is 4.02. The lowest BCUT2D eigenvalue weighted by molar-refractivity contribution is 0.549. The van der Waals surface area contributed by atoms with Crippen LogP contribution in [0.2, 0.25) is 0 Å². The third-order valence-electron chi connectivity index (χ3n) is 2.55. The second-order valence-corrected chi connectivity index (χ2v) is 6.19. The molecule has 0 aliphatic heterocycles. The molecular weight excluding hydrogens is 220 g/mol. The predicted molar refractivity (Wildman–Crippen MR) is 60.6 cm³/mol. The zero-order chi connectivity index (χ0) is 10.8. The maximum Gasteiger partial charge on any atom is 0.220 e. The van der Waals surface area contributed by atoms with E-state index in [-0.39, 0.29) is 11.0 Å². The standard InChI is InChI=1S/C8H16N2O2S2/c1-6(8(9)13)14(11,12)10-7-4-2-3-5-7/h6-7,10H,2-5H2,1H3,(H2,9,13). The Morgan fingerprint density at radius 3 is 2.43 bits per heavy atom. The second kappa shape index (κ2) is 4.55. The zero-order valence-corrected chi connectivity index (χ0v) is 9.83. The molecular formula is C8H16N2O2S2. The molecule has 0 aromatic rings. The van der Waals surface area contributed by atoms with E-state index in [9.17, 15) is 8.42 Å². The Kier molecular flexibility index (Phi) is 3.86. The normalized spacial score (nSPS) is 20.9. The van der Waals surface area contributed by atoms with Gasteiger partial charge in [0.1, 0.15) is 5.25 Å². The first kappa shape index (κ1) is 11.9. The van der Waals surface area contributed by atoms with Crippen LogP contribution in [0.4, 0.5) is 0 Å². The van der Waals surface area contributed by atoms with Crippen LogP contribution < -0.4 is 10.5 Å². The maximum atomic E-state index is 11.6. The Morgan fingerprint density at radius 1 is 1.50 bits per heavy atom. The van der Waals surface area contributed by atoms with Gasteiger partial charge in [0.25, 0.3) is 0 Å². The van der Waals surface area contributed by atoms with Gasteiger partial charge >= 0.3 is 0 Å². The fourth-order valence-corrected chi connectivity index (χ4v) is 3.12. The number of thiocarbonyl (C=S) groups is 1.